The molecule has 0 unspecified atom stereocenters. The monoisotopic (exact) mass is 813 g/mol. The first-order valence-corrected chi connectivity index (χ1v) is 27.2. The Morgan fingerprint density at radius 1 is 0.379 bits per heavy atom. The van der Waals surface area contributed by atoms with E-state index in [1.54, 1.807) is 0 Å². The number of hydrogen-bond acceptors (Lipinski definition) is 2. The molecule has 2 aromatic heterocycles. The van der Waals surface area contributed by atoms with Gasteiger partial charge in [0.1, 0.15) is 0 Å². The molecule has 8 rings (SSSR count). The van der Waals surface area contributed by atoms with Crippen molar-refractivity contribution in [2.45, 2.75) is 205 Å². The highest BCUT2D eigenvalue weighted by Gasteiger charge is 2.33. The summed E-state index contributed by atoms with van der Waals surface area (Å²) in [7, 11) is -0.248. The Hall–Kier alpha value is -2.40. The lowest BCUT2D eigenvalue weighted by molar-refractivity contribution is 0.483. The van der Waals surface area contributed by atoms with E-state index in [-0.39, 0.29) is 15.8 Å². The van der Waals surface area contributed by atoms with Crippen molar-refractivity contribution in [3.8, 4) is 33.6 Å². The summed E-state index contributed by atoms with van der Waals surface area (Å²) in [6, 6.07) is 19.5. The van der Waals surface area contributed by atoms with Gasteiger partial charge in [0.15, 0.2) is 0 Å². The fourth-order valence-electron chi connectivity index (χ4n) is 12.3. The van der Waals surface area contributed by atoms with E-state index in [1.807, 2.05) is 0 Å². The maximum Gasteiger partial charge on any atom is 0.0896 e. The van der Waals surface area contributed by atoms with Gasteiger partial charge in [-0.25, -0.2) is 0 Å². The summed E-state index contributed by atoms with van der Waals surface area (Å²) in [6.45, 7) is 13.8. The standard InChI is InChI=1S/C54H74N2P2/c1-37-27-39(3)53(40(4)28-37)43-31-45(35-57(47-19-11-7-12-20-47)48-21-13-8-14-22-48)55-51(33-43)52-34-44(54-41(5)29-38(2)30-42(54)6)32-46(56-52)36-58(49-23-15-9-16-24-49)50-25-17-10-18-26-50/h27-34,47-50H,7-26,35-36H2,1-6H3. The number of benzene rings is 2. The summed E-state index contributed by atoms with van der Waals surface area (Å²) in [5.41, 5.74) is 22.2. The van der Waals surface area contributed by atoms with Gasteiger partial charge in [-0.1, -0.05) is 128 Å². The molecule has 4 heteroatoms. The molecular formula is C54H74N2P2. The average Bonchev–Trinajstić information content (AvgIpc) is 3.22. The number of aromatic nitrogens is 2. The smallest absolute Gasteiger partial charge is 0.0896 e. The predicted molar refractivity (Wildman–Crippen MR) is 256 cm³/mol. The third-order valence-electron chi connectivity index (χ3n) is 14.8. The van der Waals surface area contributed by atoms with E-state index in [2.05, 4.69) is 90.1 Å². The molecule has 4 aliphatic carbocycles. The molecule has 4 aromatic rings. The van der Waals surface area contributed by atoms with Gasteiger partial charge in [0.2, 0.25) is 0 Å². The van der Waals surface area contributed by atoms with Crippen LogP contribution in [0.25, 0.3) is 33.6 Å². The number of rotatable bonds is 11. The topological polar surface area (TPSA) is 25.8 Å². The Kier molecular flexibility index (Phi) is 14.2. The van der Waals surface area contributed by atoms with Crippen molar-refractivity contribution in [3.05, 3.63) is 93.3 Å². The highest BCUT2D eigenvalue weighted by Crippen LogP contribution is 2.59. The minimum absolute atomic E-state index is 0.124. The molecule has 2 aromatic carbocycles. The largest absolute Gasteiger partial charge is 0.251 e. The molecule has 0 bridgehead atoms. The van der Waals surface area contributed by atoms with Crippen LogP contribution < -0.4 is 0 Å². The van der Waals surface area contributed by atoms with Crippen molar-refractivity contribution in [3.63, 3.8) is 0 Å². The summed E-state index contributed by atoms with van der Waals surface area (Å²) in [5, 5.41) is 0. The Morgan fingerprint density at radius 2 is 0.655 bits per heavy atom. The second kappa shape index (κ2) is 19.5. The van der Waals surface area contributed by atoms with Crippen LogP contribution in [0.1, 0.15) is 173 Å². The van der Waals surface area contributed by atoms with E-state index in [1.165, 1.54) is 208 Å². The third kappa shape index (κ3) is 10.0. The number of aryl methyl sites for hydroxylation is 6. The molecule has 0 aliphatic heterocycles. The first-order valence-electron chi connectivity index (χ1n) is 23.9. The lowest BCUT2D eigenvalue weighted by Gasteiger charge is -2.38. The van der Waals surface area contributed by atoms with Crippen LogP contribution in [0, 0.1) is 41.5 Å². The average molecular weight is 813 g/mol. The van der Waals surface area contributed by atoms with Gasteiger partial charge < -0.3 is 0 Å². The molecule has 0 atom stereocenters. The van der Waals surface area contributed by atoms with Crippen molar-refractivity contribution >= 4 is 15.8 Å². The Labute approximate surface area is 356 Å². The predicted octanol–water partition coefficient (Wildman–Crippen LogP) is 16.6. The molecule has 2 nitrogen and oxygen atoms in total. The Bertz CT molecular complexity index is 1780. The van der Waals surface area contributed by atoms with Gasteiger partial charge in [0.05, 0.1) is 11.4 Å². The van der Waals surface area contributed by atoms with Crippen LogP contribution in [0.3, 0.4) is 0 Å². The number of pyridine rings is 2. The summed E-state index contributed by atoms with van der Waals surface area (Å²) < 4.78 is 0. The fourth-order valence-corrected chi connectivity index (χ4v) is 19.7. The first kappa shape index (κ1) is 42.3. The number of nitrogens with zero attached hydrogens (tertiary/aromatic N) is 2. The van der Waals surface area contributed by atoms with Gasteiger partial charge in [0.25, 0.3) is 0 Å². The normalized spacial score (nSPS) is 19.4. The molecule has 4 saturated carbocycles. The molecule has 4 fully saturated rings. The third-order valence-corrected chi connectivity index (χ3v) is 22.0. The summed E-state index contributed by atoms with van der Waals surface area (Å²) in [6.07, 6.45) is 31.0. The van der Waals surface area contributed by atoms with Crippen LogP contribution in [-0.2, 0) is 12.3 Å². The molecule has 0 spiro atoms. The van der Waals surface area contributed by atoms with Crippen molar-refractivity contribution in [2.24, 2.45) is 0 Å². The molecule has 0 saturated heterocycles. The zero-order valence-corrected chi connectivity index (χ0v) is 39.1. The van der Waals surface area contributed by atoms with Crippen LogP contribution in [0.4, 0.5) is 0 Å². The van der Waals surface area contributed by atoms with Gasteiger partial charge in [-0.15, -0.1) is 0 Å². The molecule has 310 valence electrons. The maximum atomic E-state index is 5.79. The van der Waals surface area contributed by atoms with E-state index in [9.17, 15) is 0 Å². The van der Waals surface area contributed by atoms with E-state index in [0.717, 1.165) is 34.0 Å². The highest BCUT2D eigenvalue weighted by atomic mass is 31.1. The Morgan fingerprint density at radius 3 is 0.931 bits per heavy atom. The van der Waals surface area contributed by atoms with Gasteiger partial charge in [-0.2, -0.15) is 0 Å². The van der Waals surface area contributed by atoms with E-state index in [4.69, 9.17) is 9.97 Å². The van der Waals surface area contributed by atoms with E-state index >= 15 is 0 Å². The first-order chi connectivity index (χ1) is 28.2. The fraction of sp³-hybridized carbons (Fsp3) is 0.593. The summed E-state index contributed by atoms with van der Waals surface area (Å²) in [5.74, 6) is 0. The van der Waals surface area contributed by atoms with Crippen LogP contribution >= 0.6 is 15.8 Å². The summed E-state index contributed by atoms with van der Waals surface area (Å²) in [4.78, 5) is 11.6. The highest BCUT2D eigenvalue weighted by molar-refractivity contribution is 7.58. The molecule has 0 radical (unpaired) electrons. The molecular weight excluding hydrogens is 739 g/mol. The summed E-state index contributed by atoms with van der Waals surface area (Å²) >= 11 is 0. The van der Waals surface area contributed by atoms with Gasteiger partial charge >= 0.3 is 0 Å². The Balaban J connectivity index is 1.27. The maximum absolute atomic E-state index is 5.79. The van der Waals surface area contributed by atoms with Crippen LogP contribution in [-0.4, -0.2) is 32.6 Å². The van der Waals surface area contributed by atoms with Crippen molar-refractivity contribution in [2.75, 3.05) is 0 Å². The lowest BCUT2D eigenvalue weighted by atomic mass is 9.92. The quantitative estimate of drug-likeness (QED) is 0.141. The van der Waals surface area contributed by atoms with Crippen LogP contribution in [0.5, 0.6) is 0 Å². The minimum Gasteiger partial charge on any atom is -0.251 e. The van der Waals surface area contributed by atoms with Crippen molar-refractivity contribution in [1.82, 2.24) is 9.97 Å². The number of hydrogen-bond donors (Lipinski definition) is 0. The molecule has 0 N–H and O–H groups in total. The van der Waals surface area contributed by atoms with Crippen molar-refractivity contribution in [1.29, 1.82) is 0 Å². The molecule has 2 heterocycles. The van der Waals surface area contributed by atoms with Crippen LogP contribution in [0.15, 0.2) is 48.5 Å². The minimum atomic E-state index is -0.124. The lowest BCUT2D eigenvalue weighted by Crippen LogP contribution is -2.21. The van der Waals surface area contributed by atoms with Crippen LogP contribution in [0.2, 0.25) is 0 Å². The molecule has 0 amide bonds. The molecule has 58 heavy (non-hydrogen) atoms. The van der Waals surface area contributed by atoms with Crippen molar-refractivity contribution < 1.29 is 0 Å². The van der Waals surface area contributed by atoms with Gasteiger partial charge in [-0.05, 0) is 184 Å². The second-order valence-corrected chi connectivity index (χ2v) is 25.1. The zero-order valence-electron chi connectivity index (χ0n) is 37.3. The SMILES string of the molecule is Cc1cc(C)c(-c2cc(CP(C3CCCCC3)C3CCCCC3)nc(-c3cc(-c4c(C)cc(C)cc4C)cc(CP(C4CCCCC4)C4CCCCC4)n3)c2)c(C)c1. The van der Waals surface area contributed by atoms with E-state index < -0.39 is 0 Å². The molecule has 4 aliphatic rings. The van der Waals surface area contributed by atoms with Gasteiger partial charge in [-0.3, -0.25) is 9.97 Å². The van der Waals surface area contributed by atoms with Gasteiger partial charge in [0, 0.05) is 23.7 Å². The zero-order chi connectivity index (χ0) is 40.2. The van der Waals surface area contributed by atoms with E-state index in [0.29, 0.717) is 0 Å². The second-order valence-electron chi connectivity index (χ2n) is 19.5.